The van der Waals surface area contributed by atoms with E-state index in [4.69, 9.17) is 4.74 Å². The summed E-state index contributed by atoms with van der Waals surface area (Å²) in [6.07, 6.45) is 4.34. The molecule has 144 valence electrons. The lowest BCUT2D eigenvalue weighted by molar-refractivity contribution is 0.409. The van der Waals surface area contributed by atoms with Gasteiger partial charge in [0.05, 0.1) is 7.11 Å². The van der Waals surface area contributed by atoms with E-state index in [9.17, 15) is 13.5 Å². The molecule has 0 saturated heterocycles. The first-order valence-corrected chi connectivity index (χ1v) is 10.3. The van der Waals surface area contributed by atoms with Gasteiger partial charge in [0.25, 0.3) is 0 Å². The summed E-state index contributed by atoms with van der Waals surface area (Å²) in [6.45, 7) is 0. The maximum absolute atomic E-state index is 12.1. The third kappa shape index (κ3) is 3.36. The lowest BCUT2D eigenvalue weighted by Crippen LogP contribution is -2.28. The molecule has 1 aliphatic rings. The van der Waals surface area contributed by atoms with E-state index in [-0.39, 0.29) is 11.4 Å². The summed E-state index contributed by atoms with van der Waals surface area (Å²) in [6, 6.07) is 17.2. The first kappa shape index (κ1) is 18.2. The Morgan fingerprint density at radius 3 is 2.61 bits per heavy atom. The molecular formula is C21H20N2O4S. The number of hydrogen-bond donors (Lipinski definition) is 2. The van der Waals surface area contributed by atoms with E-state index in [0.29, 0.717) is 0 Å². The average molecular weight is 396 g/mol. The van der Waals surface area contributed by atoms with Crippen LogP contribution in [0.1, 0.15) is 11.1 Å². The molecule has 0 unspecified atom stereocenters. The van der Waals surface area contributed by atoms with Crippen LogP contribution in [0.2, 0.25) is 0 Å². The summed E-state index contributed by atoms with van der Waals surface area (Å²) < 4.78 is 32.8. The zero-order valence-electron chi connectivity index (χ0n) is 15.3. The van der Waals surface area contributed by atoms with Gasteiger partial charge in [0.2, 0.25) is 0 Å². The minimum absolute atomic E-state index is 0.0915. The third-order valence-electron chi connectivity index (χ3n) is 4.80. The van der Waals surface area contributed by atoms with E-state index in [0.717, 1.165) is 44.8 Å². The van der Waals surface area contributed by atoms with Crippen molar-refractivity contribution in [1.29, 1.82) is 0 Å². The van der Waals surface area contributed by atoms with Crippen molar-refractivity contribution in [2.75, 3.05) is 11.4 Å². The number of methoxy groups -OCH3 is 1. The Kier molecular flexibility index (Phi) is 4.60. The fourth-order valence-corrected chi connectivity index (χ4v) is 4.35. The molecule has 0 atom stereocenters. The van der Waals surface area contributed by atoms with Gasteiger partial charge in [-0.15, -0.1) is 0 Å². The molecule has 1 heterocycles. The topological polar surface area (TPSA) is 78.9 Å². The molecule has 1 aliphatic heterocycles. The summed E-state index contributed by atoms with van der Waals surface area (Å²) in [5, 5.41) is 12.0. The smallest absolute Gasteiger partial charge is 0.327 e. The number of para-hydroxylation sites is 1. The minimum Gasteiger partial charge on any atom is -0.506 e. The van der Waals surface area contributed by atoms with Crippen LogP contribution in [0.5, 0.6) is 11.5 Å². The van der Waals surface area contributed by atoms with E-state index < -0.39 is 10.2 Å². The zero-order valence-corrected chi connectivity index (χ0v) is 16.1. The molecular weight excluding hydrogens is 376 g/mol. The van der Waals surface area contributed by atoms with E-state index in [1.54, 1.807) is 19.2 Å². The van der Waals surface area contributed by atoms with E-state index in [2.05, 4.69) is 4.72 Å². The molecule has 4 rings (SSSR count). The van der Waals surface area contributed by atoms with Gasteiger partial charge in [-0.05, 0) is 52.9 Å². The van der Waals surface area contributed by atoms with Gasteiger partial charge in [0, 0.05) is 12.4 Å². The van der Waals surface area contributed by atoms with E-state index in [1.165, 1.54) is 12.4 Å². The number of nitrogens with one attached hydrogen (secondary N) is 1. The van der Waals surface area contributed by atoms with E-state index >= 15 is 0 Å². The van der Waals surface area contributed by atoms with Crippen LogP contribution in [0.15, 0.2) is 67.0 Å². The number of rotatable bonds is 5. The number of fused-ring (bicyclic) bond motifs is 1. The Morgan fingerprint density at radius 2 is 1.86 bits per heavy atom. The Labute approximate surface area is 163 Å². The fourth-order valence-electron chi connectivity index (χ4n) is 3.37. The molecule has 3 aromatic rings. The molecule has 6 nitrogen and oxygen atoms in total. The first-order valence-electron chi connectivity index (χ1n) is 8.84. The highest BCUT2D eigenvalue weighted by atomic mass is 32.2. The number of ether oxygens (including phenoxy) is 1. The summed E-state index contributed by atoms with van der Waals surface area (Å²) in [5.74, 6) is 0.778. The second kappa shape index (κ2) is 7.09. The predicted octanol–water partition coefficient (Wildman–Crippen LogP) is 3.46. The van der Waals surface area contributed by atoms with Crippen LogP contribution in [0.4, 0.5) is 5.69 Å². The number of phenolic OH excluding ortho intramolecular Hbond substituents is 1. The molecule has 0 saturated carbocycles. The number of anilines is 1. The molecule has 7 heteroatoms. The van der Waals surface area contributed by atoms with Crippen molar-refractivity contribution in [3.8, 4) is 11.5 Å². The summed E-state index contributed by atoms with van der Waals surface area (Å²) in [4.78, 5) is 0. The number of phenols is 1. The van der Waals surface area contributed by atoms with Gasteiger partial charge in [-0.1, -0.05) is 36.4 Å². The predicted molar refractivity (Wildman–Crippen MR) is 110 cm³/mol. The molecule has 28 heavy (non-hydrogen) atoms. The van der Waals surface area contributed by atoms with Gasteiger partial charge in [-0.2, -0.15) is 8.42 Å². The van der Waals surface area contributed by atoms with Crippen molar-refractivity contribution < 1.29 is 18.3 Å². The highest BCUT2D eigenvalue weighted by molar-refractivity contribution is 7.91. The second-order valence-corrected chi connectivity index (χ2v) is 8.15. The van der Waals surface area contributed by atoms with Gasteiger partial charge >= 0.3 is 10.2 Å². The van der Waals surface area contributed by atoms with Crippen LogP contribution in [-0.2, 0) is 23.1 Å². The fraction of sp³-hybridized carbons (Fsp3) is 0.143. The van der Waals surface area contributed by atoms with Gasteiger partial charge in [-0.25, -0.2) is 4.31 Å². The quantitative estimate of drug-likeness (QED) is 0.692. The van der Waals surface area contributed by atoms with Crippen LogP contribution < -0.4 is 13.8 Å². The standard InChI is InChI=1S/C21H20N2O4S/c1-27-21-5-3-2-4-16(21)8-6-15-7-9-17-14-20(24)19(13-18(17)12-15)23-11-10-22-28(23,25)26/h2-5,7,9-14,22,24H,6,8H2,1H3. The normalized spacial score (nSPS) is 15.0. The maximum Gasteiger partial charge on any atom is 0.327 e. The molecule has 0 amide bonds. The maximum atomic E-state index is 12.1. The van der Waals surface area contributed by atoms with Crippen LogP contribution in [-0.4, -0.2) is 20.6 Å². The lowest BCUT2D eigenvalue weighted by atomic mass is 10.00. The monoisotopic (exact) mass is 396 g/mol. The van der Waals surface area contributed by atoms with Crippen molar-refractivity contribution >= 4 is 26.7 Å². The molecule has 0 bridgehead atoms. The molecule has 0 spiro atoms. The van der Waals surface area contributed by atoms with Gasteiger partial charge < -0.3 is 9.84 Å². The van der Waals surface area contributed by atoms with Gasteiger partial charge in [-0.3, -0.25) is 4.72 Å². The molecule has 2 N–H and O–H groups in total. The number of nitrogens with zero attached hydrogens (tertiary/aromatic N) is 1. The van der Waals surface area contributed by atoms with Crippen molar-refractivity contribution in [2.24, 2.45) is 0 Å². The third-order valence-corrected chi connectivity index (χ3v) is 6.07. The Hall–Kier alpha value is -3.19. The van der Waals surface area contributed by atoms with Crippen molar-refractivity contribution in [1.82, 2.24) is 4.72 Å². The lowest BCUT2D eigenvalue weighted by Gasteiger charge is -2.17. The second-order valence-electron chi connectivity index (χ2n) is 6.57. The largest absolute Gasteiger partial charge is 0.506 e. The number of hydrogen-bond acceptors (Lipinski definition) is 4. The average Bonchev–Trinajstić information content (AvgIpc) is 3.05. The number of aromatic hydroxyl groups is 1. The Bertz CT molecular complexity index is 1170. The van der Waals surface area contributed by atoms with Crippen LogP contribution >= 0.6 is 0 Å². The summed E-state index contributed by atoms with van der Waals surface area (Å²) in [5.41, 5.74) is 2.47. The SMILES string of the molecule is COc1ccccc1CCc1ccc2cc(O)c(N3C=CNS3(=O)=O)cc2c1. The summed E-state index contributed by atoms with van der Waals surface area (Å²) >= 11 is 0. The number of aryl methyl sites for hydroxylation is 2. The number of benzene rings is 3. The Morgan fingerprint density at radius 1 is 1.04 bits per heavy atom. The van der Waals surface area contributed by atoms with Crippen molar-refractivity contribution in [3.63, 3.8) is 0 Å². The van der Waals surface area contributed by atoms with Gasteiger partial charge in [0.1, 0.15) is 17.2 Å². The molecule has 3 aromatic carbocycles. The van der Waals surface area contributed by atoms with Crippen molar-refractivity contribution in [2.45, 2.75) is 12.8 Å². The van der Waals surface area contributed by atoms with Gasteiger partial charge in [0.15, 0.2) is 0 Å². The molecule has 0 aromatic heterocycles. The van der Waals surface area contributed by atoms with Crippen molar-refractivity contribution in [3.05, 3.63) is 78.1 Å². The minimum atomic E-state index is -3.70. The Balaban J connectivity index is 1.65. The molecule has 0 radical (unpaired) electrons. The highest BCUT2D eigenvalue weighted by Crippen LogP contribution is 2.35. The molecule has 0 aliphatic carbocycles. The van der Waals surface area contributed by atoms with Crippen LogP contribution in [0, 0.1) is 0 Å². The highest BCUT2D eigenvalue weighted by Gasteiger charge is 2.26. The summed E-state index contributed by atoms with van der Waals surface area (Å²) in [7, 11) is -2.03. The molecule has 0 fully saturated rings. The van der Waals surface area contributed by atoms with Crippen LogP contribution in [0.3, 0.4) is 0 Å². The first-order chi connectivity index (χ1) is 13.5. The van der Waals surface area contributed by atoms with Crippen LogP contribution in [0.25, 0.3) is 10.8 Å². The van der Waals surface area contributed by atoms with E-state index in [1.807, 2.05) is 42.5 Å². The zero-order chi connectivity index (χ0) is 19.7.